The van der Waals surface area contributed by atoms with Crippen molar-refractivity contribution in [1.29, 1.82) is 0 Å². The Labute approximate surface area is 184 Å². The number of amides is 1. The fourth-order valence-electron chi connectivity index (χ4n) is 2.54. The molecule has 1 atom stereocenters. The molecule has 162 valence electrons. The molecule has 0 aliphatic rings. The van der Waals surface area contributed by atoms with Crippen molar-refractivity contribution in [2.75, 3.05) is 19.4 Å². The third kappa shape index (κ3) is 5.35. The molecule has 1 aromatic heterocycles. The number of anilines is 1. The molecule has 0 radical (unpaired) electrons. The molecular formula is C21H21N3O5S2. The molecule has 3 aromatic rings. The number of benzene rings is 2. The summed E-state index contributed by atoms with van der Waals surface area (Å²) in [5.74, 6) is -1.25. The van der Waals surface area contributed by atoms with Gasteiger partial charge in [0.25, 0.3) is 5.91 Å². The summed E-state index contributed by atoms with van der Waals surface area (Å²) in [6, 6.07) is 14.9. The lowest BCUT2D eigenvalue weighted by Crippen LogP contribution is -2.30. The summed E-state index contributed by atoms with van der Waals surface area (Å²) in [6.45, 7) is 1.45. The van der Waals surface area contributed by atoms with E-state index >= 15 is 0 Å². The zero-order valence-electron chi connectivity index (χ0n) is 17.1. The van der Waals surface area contributed by atoms with Crippen LogP contribution >= 0.6 is 11.3 Å². The van der Waals surface area contributed by atoms with E-state index in [-0.39, 0.29) is 10.5 Å². The topological polar surface area (TPSA) is 106 Å². The Morgan fingerprint density at radius 3 is 2.32 bits per heavy atom. The molecule has 10 heteroatoms. The summed E-state index contributed by atoms with van der Waals surface area (Å²) < 4.78 is 30.5. The number of aromatic nitrogens is 1. The first-order valence-corrected chi connectivity index (χ1v) is 11.6. The van der Waals surface area contributed by atoms with Gasteiger partial charge >= 0.3 is 5.97 Å². The molecule has 0 bridgehead atoms. The molecule has 0 aliphatic heterocycles. The van der Waals surface area contributed by atoms with Crippen LogP contribution in [0.5, 0.6) is 0 Å². The number of esters is 1. The highest BCUT2D eigenvalue weighted by atomic mass is 32.2. The van der Waals surface area contributed by atoms with E-state index in [1.165, 1.54) is 56.6 Å². The summed E-state index contributed by atoms with van der Waals surface area (Å²) >= 11 is 1.27. The maximum Gasteiger partial charge on any atom is 0.338 e. The summed E-state index contributed by atoms with van der Waals surface area (Å²) in [5, 5.41) is 4.85. The van der Waals surface area contributed by atoms with Crippen LogP contribution in [0, 0.1) is 0 Å². The van der Waals surface area contributed by atoms with Gasteiger partial charge in [-0.05, 0) is 31.2 Å². The molecule has 2 aromatic carbocycles. The third-order valence-electron chi connectivity index (χ3n) is 4.33. The number of thiazole rings is 1. The normalized spacial score (nSPS) is 12.4. The molecule has 3 rings (SSSR count). The van der Waals surface area contributed by atoms with Crippen molar-refractivity contribution < 1.29 is 22.7 Å². The first-order valence-electron chi connectivity index (χ1n) is 9.24. The second-order valence-electron chi connectivity index (χ2n) is 6.75. The van der Waals surface area contributed by atoms with Crippen LogP contribution in [0.15, 0.2) is 64.9 Å². The van der Waals surface area contributed by atoms with Gasteiger partial charge < -0.3 is 4.74 Å². The van der Waals surface area contributed by atoms with Crippen molar-refractivity contribution in [3.8, 4) is 11.3 Å². The van der Waals surface area contributed by atoms with E-state index in [1.54, 1.807) is 0 Å². The van der Waals surface area contributed by atoms with E-state index in [2.05, 4.69) is 10.3 Å². The largest absolute Gasteiger partial charge is 0.449 e. The van der Waals surface area contributed by atoms with E-state index in [9.17, 15) is 18.0 Å². The van der Waals surface area contributed by atoms with Crippen molar-refractivity contribution in [2.45, 2.75) is 17.9 Å². The van der Waals surface area contributed by atoms with Crippen molar-refractivity contribution in [3.63, 3.8) is 0 Å². The summed E-state index contributed by atoms with van der Waals surface area (Å²) in [4.78, 5) is 29.1. The molecule has 31 heavy (non-hydrogen) atoms. The highest BCUT2D eigenvalue weighted by Gasteiger charge is 2.22. The van der Waals surface area contributed by atoms with Gasteiger partial charge in [0.1, 0.15) is 0 Å². The summed E-state index contributed by atoms with van der Waals surface area (Å²) in [6.07, 6.45) is -1.07. The van der Waals surface area contributed by atoms with Crippen LogP contribution in [0.1, 0.15) is 17.3 Å². The summed E-state index contributed by atoms with van der Waals surface area (Å²) in [5.41, 5.74) is 1.80. The molecule has 0 saturated heterocycles. The standard InChI is InChI=1S/C21H21N3O5S2/c1-14(19(25)23-21-22-18(13-30-21)15-7-5-4-6-8-15)29-20(26)16-9-11-17(12-10-16)31(27,28)24(2)3/h4-14H,1-3H3,(H,22,23,25)/t14-/m0/s1. The quantitative estimate of drug-likeness (QED) is 0.544. The van der Waals surface area contributed by atoms with Crippen LogP contribution in [0.3, 0.4) is 0 Å². The maximum absolute atomic E-state index is 12.4. The van der Waals surface area contributed by atoms with E-state index in [0.717, 1.165) is 15.6 Å². The maximum atomic E-state index is 12.4. The van der Waals surface area contributed by atoms with Crippen molar-refractivity contribution in [3.05, 3.63) is 65.5 Å². The molecule has 1 N–H and O–H groups in total. The highest BCUT2D eigenvalue weighted by Crippen LogP contribution is 2.24. The molecule has 1 amide bonds. The minimum Gasteiger partial charge on any atom is -0.449 e. The van der Waals surface area contributed by atoms with Crippen molar-refractivity contribution >= 4 is 38.4 Å². The molecule has 0 aliphatic carbocycles. The fraction of sp³-hybridized carbons (Fsp3) is 0.190. The van der Waals surface area contributed by atoms with E-state index < -0.39 is 28.0 Å². The Kier molecular flexibility index (Phi) is 6.84. The van der Waals surface area contributed by atoms with Gasteiger partial charge in [-0.3, -0.25) is 10.1 Å². The first kappa shape index (κ1) is 22.6. The molecular weight excluding hydrogens is 438 g/mol. The Bertz CT molecular complexity index is 1170. The Hall–Kier alpha value is -3.08. The Balaban J connectivity index is 1.61. The monoisotopic (exact) mass is 459 g/mol. The van der Waals surface area contributed by atoms with Crippen molar-refractivity contribution in [1.82, 2.24) is 9.29 Å². The third-order valence-corrected chi connectivity index (χ3v) is 6.91. The van der Waals surface area contributed by atoms with Crippen LogP contribution in [0.2, 0.25) is 0 Å². The van der Waals surface area contributed by atoms with Crippen LogP contribution in [0.4, 0.5) is 5.13 Å². The van der Waals surface area contributed by atoms with E-state index in [4.69, 9.17) is 4.74 Å². The number of carbonyl (C=O) groups is 2. The Morgan fingerprint density at radius 1 is 1.06 bits per heavy atom. The zero-order chi connectivity index (χ0) is 22.6. The predicted molar refractivity (Wildman–Crippen MR) is 118 cm³/mol. The number of hydrogen-bond donors (Lipinski definition) is 1. The van der Waals surface area contributed by atoms with Crippen LogP contribution < -0.4 is 5.32 Å². The number of ether oxygens (including phenoxy) is 1. The minimum atomic E-state index is -3.60. The average Bonchev–Trinajstić information content (AvgIpc) is 3.22. The van der Waals surface area contributed by atoms with Crippen LogP contribution in [0.25, 0.3) is 11.3 Å². The molecule has 0 unspecified atom stereocenters. The lowest BCUT2D eigenvalue weighted by Gasteiger charge is -2.13. The zero-order valence-corrected chi connectivity index (χ0v) is 18.7. The molecule has 0 saturated carbocycles. The lowest BCUT2D eigenvalue weighted by molar-refractivity contribution is -0.123. The van der Waals surface area contributed by atoms with Gasteiger partial charge in [0, 0.05) is 25.0 Å². The molecule has 8 nitrogen and oxygen atoms in total. The second-order valence-corrected chi connectivity index (χ2v) is 9.76. The molecule has 0 fully saturated rings. The van der Waals surface area contributed by atoms with Crippen LogP contribution in [-0.4, -0.2) is 49.8 Å². The first-order chi connectivity index (χ1) is 14.7. The number of rotatable bonds is 7. The van der Waals surface area contributed by atoms with Gasteiger partial charge in [0.05, 0.1) is 16.2 Å². The van der Waals surface area contributed by atoms with Gasteiger partial charge in [-0.2, -0.15) is 0 Å². The smallest absolute Gasteiger partial charge is 0.338 e. The number of nitrogens with one attached hydrogen (secondary N) is 1. The number of carbonyl (C=O) groups excluding carboxylic acids is 2. The predicted octanol–water partition coefficient (Wildman–Crippen LogP) is 3.24. The highest BCUT2D eigenvalue weighted by molar-refractivity contribution is 7.89. The number of nitrogens with zero attached hydrogens (tertiary/aromatic N) is 2. The Morgan fingerprint density at radius 2 is 1.71 bits per heavy atom. The minimum absolute atomic E-state index is 0.0535. The molecule has 1 heterocycles. The van der Waals surface area contributed by atoms with Crippen molar-refractivity contribution in [2.24, 2.45) is 0 Å². The average molecular weight is 460 g/mol. The number of sulfonamides is 1. The van der Waals surface area contributed by atoms with Crippen LogP contribution in [-0.2, 0) is 19.6 Å². The van der Waals surface area contributed by atoms with E-state index in [0.29, 0.717) is 5.13 Å². The number of hydrogen-bond acceptors (Lipinski definition) is 7. The molecule has 0 spiro atoms. The van der Waals surface area contributed by atoms with Gasteiger partial charge in [-0.25, -0.2) is 22.5 Å². The van der Waals surface area contributed by atoms with Gasteiger partial charge in [0.2, 0.25) is 10.0 Å². The SMILES string of the molecule is C[C@H](OC(=O)c1ccc(S(=O)(=O)N(C)C)cc1)C(=O)Nc1nc(-c2ccccc2)cs1. The lowest BCUT2D eigenvalue weighted by atomic mass is 10.2. The van der Waals surface area contributed by atoms with E-state index in [1.807, 2.05) is 35.7 Å². The second kappa shape index (κ2) is 9.38. The van der Waals surface area contributed by atoms with Gasteiger partial charge in [-0.15, -0.1) is 11.3 Å². The van der Waals surface area contributed by atoms with Gasteiger partial charge in [0.15, 0.2) is 11.2 Å². The fourth-order valence-corrected chi connectivity index (χ4v) is 4.16. The summed E-state index contributed by atoms with van der Waals surface area (Å²) in [7, 11) is -0.758. The van der Waals surface area contributed by atoms with Gasteiger partial charge in [-0.1, -0.05) is 30.3 Å².